The predicted octanol–water partition coefficient (Wildman–Crippen LogP) is -0.404. The van der Waals surface area contributed by atoms with Crippen molar-refractivity contribution in [2.75, 3.05) is 39.5 Å². The fraction of sp³-hybridized carbons (Fsp3) is 0.909. The van der Waals surface area contributed by atoms with Crippen molar-refractivity contribution in [3.05, 3.63) is 0 Å². The Morgan fingerprint density at radius 1 is 1.44 bits per heavy atom. The number of rotatable bonds is 7. The van der Waals surface area contributed by atoms with Crippen LogP contribution >= 0.6 is 0 Å². The van der Waals surface area contributed by atoms with Gasteiger partial charge in [-0.05, 0) is 19.8 Å². The SMILES string of the molecule is CC(NCCOCCO)C(=O)N1CCCC1. The van der Waals surface area contributed by atoms with Gasteiger partial charge >= 0.3 is 0 Å². The van der Waals surface area contributed by atoms with E-state index in [0.717, 1.165) is 25.9 Å². The molecule has 1 amide bonds. The third-order valence-electron chi connectivity index (χ3n) is 2.72. The minimum Gasteiger partial charge on any atom is -0.394 e. The summed E-state index contributed by atoms with van der Waals surface area (Å²) in [4.78, 5) is 13.8. The van der Waals surface area contributed by atoms with Crippen molar-refractivity contribution in [3.63, 3.8) is 0 Å². The number of hydrogen-bond acceptors (Lipinski definition) is 4. The molecule has 0 saturated carbocycles. The second-order valence-electron chi connectivity index (χ2n) is 4.04. The molecule has 0 spiro atoms. The van der Waals surface area contributed by atoms with Crippen molar-refractivity contribution in [3.8, 4) is 0 Å². The summed E-state index contributed by atoms with van der Waals surface area (Å²) in [5.74, 6) is 0.180. The van der Waals surface area contributed by atoms with Crippen molar-refractivity contribution in [2.45, 2.75) is 25.8 Å². The smallest absolute Gasteiger partial charge is 0.239 e. The Kier molecular flexibility index (Phi) is 6.37. The van der Waals surface area contributed by atoms with E-state index < -0.39 is 0 Å². The molecule has 0 aromatic heterocycles. The topological polar surface area (TPSA) is 61.8 Å². The molecule has 0 bridgehead atoms. The van der Waals surface area contributed by atoms with Crippen LogP contribution in [0.25, 0.3) is 0 Å². The zero-order valence-corrected chi connectivity index (χ0v) is 9.95. The van der Waals surface area contributed by atoms with Gasteiger partial charge in [-0.1, -0.05) is 0 Å². The number of nitrogens with one attached hydrogen (secondary N) is 1. The molecule has 1 atom stereocenters. The predicted molar refractivity (Wildman–Crippen MR) is 61.2 cm³/mol. The van der Waals surface area contributed by atoms with E-state index in [1.807, 2.05) is 11.8 Å². The highest BCUT2D eigenvalue weighted by Crippen LogP contribution is 2.08. The molecule has 5 nitrogen and oxygen atoms in total. The fourth-order valence-corrected chi connectivity index (χ4v) is 1.81. The maximum Gasteiger partial charge on any atom is 0.239 e. The van der Waals surface area contributed by atoms with Crippen LogP contribution in [-0.2, 0) is 9.53 Å². The molecule has 94 valence electrons. The summed E-state index contributed by atoms with van der Waals surface area (Å²) in [6, 6.07) is -0.143. The van der Waals surface area contributed by atoms with Crippen LogP contribution in [0.15, 0.2) is 0 Å². The molecule has 1 aliphatic rings. The number of hydrogen-bond donors (Lipinski definition) is 2. The highest BCUT2D eigenvalue weighted by atomic mass is 16.5. The van der Waals surface area contributed by atoms with Crippen LogP contribution in [0.4, 0.5) is 0 Å². The highest BCUT2D eigenvalue weighted by Gasteiger charge is 2.22. The maximum atomic E-state index is 11.8. The van der Waals surface area contributed by atoms with Gasteiger partial charge in [-0.15, -0.1) is 0 Å². The second kappa shape index (κ2) is 7.60. The van der Waals surface area contributed by atoms with Gasteiger partial charge in [0.1, 0.15) is 0 Å². The number of aliphatic hydroxyl groups excluding tert-OH is 1. The quantitative estimate of drug-likeness (QED) is 0.584. The zero-order valence-electron chi connectivity index (χ0n) is 9.95. The number of ether oxygens (including phenoxy) is 1. The van der Waals surface area contributed by atoms with E-state index in [2.05, 4.69) is 5.32 Å². The molecule has 5 heteroatoms. The Morgan fingerprint density at radius 2 is 2.12 bits per heavy atom. The van der Waals surface area contributed by atoms with Gasteiger partial charge in [0, 0.05) is 19.6 Å². The Balaban J connectivity index is 2.08. The molecule has 1 rings (SSSR count). The molecular weight excluding hydrogens is 208 g/mol. The monoisotopic (exact) mass is 230 g/mol. The Morgan fingerprint density at radius 3 is 2.75 bits per heavy atom. The summed E-state index contributed by atoms with van der Waals surface area (Å²) < 4.78 is 5.10. The van der Waals surface area contributed by atoms with Crippen molar-refractivity contribution < 1.29 is 14.6 Å². The average molecular weight is 230 g/mol. The first-order valence-corrected chi connectivity index (χ1v) is 5.96. The van der Waals surface area contributed by atoms with Crippen LogP contribution in [0, 0.1) is 0 Å². The van der Waals surface area contributed by atoms with Crippen LogP contribution in [0.5, 0.6) is 0 Å². The maximum absolute atomic E-state index is 11.8. The Hall–Kier alpha value is -0.650. The lowest BCUT2D eigenvalue weighted by Crippen LogP contribution is -2.44. The van der Waals surface area contributed by atoms with E-state index in [4.69, 9.17) is 9.84 Å². The molecule has 0 aromatic rings. The molecule has 1 fully saturated rings. The number of carbonyl (C=O) groups excluding carboxylic acids is 1. The molecule has 1 saturated heterocycles. The van der Waals surface area contributed by atoms with Crippen molar-refractivity contribution >= 4 is 5.91 Å². The summed E-state index contributed by atoms with van der Waals surface area (Å²) in [7, 11) is 0. The molecule has 16 heavy (non-hydrogen) atoms. The Bertz CT molecular complexity index is 205. The standard InChI is InChI=1S/C11H22N2O3/c1-10(12-4-8-16-9-7-14)11(15)13-5-2-3-6-13/h10,12,14H,2-9H2,1H3. The van der Waals surface area contributed by atoms with Gasteiger partial charge in [0.05, 0.1) is 25.9 Å². The first kappa shape index (κ1) is 13.4. The number of aliphatic hydroxyl groups is 1. The van der Waals surface area contributed by atoms with Gasteiger partial charge in [-0.25, -0.2) is 0 Å². The van der Waals surface area contributed by atoms with Gasteiger partial charge in [-0.3, -0.25) is 4.79 Å². The number of amides is 1. The van der Waals surface area contributed by atoms with Gasteiger partial charge < -0.3 is 20.1 Å². The van der Waals surface area contributed by atoms with Gasteiger partial charge in [0.25, 0.3) is 0 Å². The van der Waals surface area contributed by atoms with Crippen LogP contribution < -0.4 is 5.32 Å². The van der Waals surface area contributed by atoms with E-state index in [0.29, 0.717) is 19.8 Å². The van der Waals surface area contributed by atoms with E-state index in [-0.39, 0.29) is 18.6 Å². The number of carbonyl (C=O) groups is 1. The first-order chi connectivity index (χ1) is 7.75. The van der Waals surface area contributed by atoms with Crippen LogP contribution in [0.1, 0.15) is 19.8 Å². The lowest BCUT2D eigenvalue weighted by Gasteiger charge is -2.21. The summed E-state index contributed by atoms with van der Waals surface area (Å²) in [5, 5.41) is 11.6. The third-order valence-corrected chi connectivity index (χ3v) is 2.72. The first-order valence-electron chi connectivity index (χ1n) is 5.96. The molecule has 1 aliphatic heterocycles. The van der Waals surface area contributed by atoms with E-state index in [1.165, 1.54) is 0 Å². The Labute approximate surface area is 96.8 Å². The van der Waals surface area contributed by atoms with Crippen molar-refractivity contribution in [1.29, 1.82) is 0 Å². The molecule has 0 radical (unpaired) electrons. The molecule has 2 N–H and O–H groups in total. The molecule has 1 unspecified atom stereocenters. The molecule has 1 heterocycles. The number of likely N-dealkylation sites (tertiary alicyclic amines) is 1. The summed E-state index contributed by atoms with van der Waals surface area (Å²) in [6.45, 7) is 5.24. The van der Waals surface area contributed by atoms with E-state index >= 15 is 0 Å². The second-order valence-corrected chi connectivity index (χ2v) is 4.04. The fourth-order valence-electron chi connectivity index (χ4n) is 1.81. The molecule has 0 aliphatic carbocycles. The zero-order chi connectivity index (χ0) is 11.8. The largest absolute Gasteiger partial charge is 0.394 e. The summed E-state index contributed by atoms with van der Waals surface area (Å²) >= 11 is 0. The van der Waals surface area contributed by atoms with Crippen molar-refractivity contribution in [2.24, 2.45) is 0 Å². The number of nitrogens with zero attached hydrogens (tertiary/aromatic N) is 1. The normalized spacial score (nSPS) is 17.8. The summed E-state index contributed by atoms with van der Waals surface area (Å²) in [5.41, 5.74) is 0. The third kappa shape index (κ3) is 4.47. The lowest BCUT2D eigenvalue weighted by atomic mass is 10.3. The van der Waals surface area contributed by atoms with Crippen molar-refractivity contribution in [1.82, 2.24) is 10.2 Å². The van der Waals surface area contributed by atoms with Crippen LogP contribution in [0.2, 0.25) is 0 Å². The van der Waals surface area contributed by atoms with Gasteiger partial charge in [0.2, 0.25) is 5.91 Å². The van der Waals surface area contributed by atoms with Crippen LogP contribution in [0.3, 0.4) is 0 Å². The minimum atomic E-state index is -0.143. The van der Waals surface area contributed by atoms with E-state index in [9.17, 15) is 4.79 Å². The molecular formula is C11H22N2O3. The highest BCUT2D eigenvalue weighted by molar-refractivity contribution is 5.81. The van der Waals surface area contributed by atoms with Crippen LogP contribution in [-0.4, -0.2) is 61.4 Å². The lowest BCUT2D eigenvalue weighted by molar-refractivity contribution is -0.132. The van der Waals surface area contributed by atoms with Gasteiger partial charge in [0.15, 0.2) is 0 Å². The van der Waals surface area contributed by atoms with Gasteiger partial charge in [-0.2, -0.15) is 0 Å². The minimum absolute atomic E-state index is 0.0439. The summed E-state index contributed by atoms with van der Waals surface area (Å²) in [6.07, 6.45) is 2.25. The van der Waals surface area contributed by atoms with E-state index in [1.54, 1.807) is 0 Å². The molecule has 0 aromatic carbocycles. The average Bonchev–Trinajstić information content (AvgIpc) is 2.81.